The SMILES string of the molecule is CC(NCc1ccc(F)c(Cl)c1)c1nc2ccccc2[nH]1. The maximum atomic E-state index is 13.1. The third-order valence-corrected chi connectivity index (χ3v) is 3.70. The van der Waals surface area contributed by atoms with Crippen LogP contribution in [0.1, 0.15) is 24.4 Å². The Morgan fingerprint density at radius 2 is 2.10 bits per heavy atom. The van der Waals surface area contributed by atoms with Crippen molar-refractivity contribution in [1.29, 1.82) is 0 Å². The summed E-state index contributed by atoms with van der Waals surface area (Å²) in [6.45, 7) is 2.63. The van der Waals surface area contributed by atoms with Crippen molar-refractivity contribution in [2.75, 3.05) is 0 Å². The van der Waals surface area contributed by atoms with Crippen LogP contribution in [0.4, 0.5) is 4.39 Å². The topological polar surface area (TPSA) is 40.7 Å². The highest BCUT2D eigenvalue weighted by atomic mass is 35.5. The summed E-state index contributed by atoms with van der Waals surface area (Å²) in [5.74, 6) is 0.482. The van der Waals surface area contributed by atoms with E-state index in [0.717, 1.165) is 22.4 Å². The molecule has 2 aromatic carbocycles. The Balaban J connectivity index is 1.70. The van der Waals surface area contributed by atoms with Crippen LogP contribution in [0.5, 0.6) is 0 Å². The lowest BCUT2D eigenvalue weighted by Gasteiger charge is -2.11. The van der Waals surface area contributed by atoms with Crippen LogP contribution >= 0.6 is 11.6 Å². The number of aromatic amines is 1. The Hall–Kier alpha value is -1.91. The number of nitrogens with zero attached hydrogens (tertiary/aromatic N) is 1. The van der Waals surface area contributed by atoms with Crippen molar-refractivity contribution in [3.63, 3.8) is 0 Å². The number of benzene rings is 2. The summed E-state index contributed by atoms with van der Waals surface area (Å²) in [5.41, 5.74) is 2.90. The van der Waals surface area contributed by atoms with Crippen LogP contribution in [0.15, 0.2) is 42.5 Å². The minimum atomic E-state index is -0.397. The van der Waals surface area contributed by atoms with Gasteiger partial charge in [-0.2, -0.15) is 0 Å². The number of fused-ring (bicyclic) bond motifs is 1. The largest absolute Gasteiger partial charge is 0.341 e. The number of rotatable bonds is 4. The summed E-state index contributed by atoms with van der Waals surface area (Å²) < 4.78 is 13.1. The molecule has 0 saturated heterocycles. The van der Waals surface area contributed by atoms with Crippen molar-refractivity contribution in [2.45, 2.75) is 19.5 Å². The molecule has 108 valence electrons. The zero-order chi connectivity index (χ0) is 14.8. The normalized spacial score (nSPS) is 12.7. The number of nitrogens with one attached hydrogen (secondary N) is 2. The van der Waals surface area contributed by atoms with Gasteiger partial charge in [0, 0.05) is 6.54 Å². The molecular weight excluding hydrogens is 289 g/mol. The molecule has 0 spiro atoms. The second-order valence-electron chi connectivity index (χ2n) is 4.99. The van der Waals surface area contributed by atoms with Crippen LogP contribution in [-0.4, -0.2) is 9.97 Å². The summed E-state index contributed by atoms with van der Waals surface area (Å²) in [7, 11) is 0. The average Bonchev–Trinajstić information content (AvgIpc) is 2.92. The van der Waals surface area contributed by atoms with Gasteiger partial charge in [0.2, 0.25) is 0 Å². The maximum Gasteiger partial charge on any atom is 0.141 e. The van der Waals surface area contributed by atoms with Crippen LogP contribution in [0.3, 0.4) is 0 Å². The van der Waals surface area contributed by atoms with E-state index in [2.05, 4.69) is 15.3 Å². The Morgan fingerprint density at radius 1 is 1.29 bits per heavy atom. The van der Waals surface area contributed by atoms with E-state index in [1.54, 1.807) is 12.1 Å². The lowest BCUT2D eigenvalue weighted by Crippen LogP contribution is -2.19. The van der Waals surface area contributed by atoms with Crippen molar-refractivity contribution in [3.05, 3.63) is 64.7 Å². The molecule has 5 heteroatoms. The van der Waals surface area contributed by atoms with Crippen molar-refractivity contribution < 1.29 is 4.39 Å². The zero-order valence-electron chi connectivity index (χ0n) is 11.5. The predicted molar refractivity (Wildman–Crippen MR) is 82.8 cm³/mol. The fourth-order valence-corrected chi connectivity index (χ4v) is 2.40. The van der Waals surface area contributed by atoms with E-state index < -0.39 is 5.82 Å². The van der Waals surface area contributed by atoms with Gasteiger partial charge in [-0.3, -0.25) is 0 Å². The number of para-hydroxylation sites is 2. The van der Waals surface area contributed by atoms with Gasteiger partial charge in [0.25, 0.3) is 0 Å². The zero-order valence-corrected chi connectivity index (χ0v) is 12.3. The summed E-state index contributed by atoms with van der Waals surface area (Å²) >= 11 is 5.78. The molecule has 3 nitrogen and oxygen atoms in total. The van der Waals surface area contributed by atoms with E-state index in [0.29, 0.717) is 6.54 Å². The standard InChI is InChI=1S/C16H15ClFN3/c1-10(16-20-14-4-2-3-5-15(14)21-16)19-9-11-6-7-13(18)12(17)8-11/h2-8,10,19H,9H2,1H3,(H,20,21). The molecule has 1 aromatic heterocycles. The van der Waals surface area contributed by atoms with Crippen molar-refractivity contribution in [2.24, 2.45) is 0 Å². The number of hydrogen-bond donors (Lipinski definition) is 2. The quantitative estimate of drug-likeness (QED) is 0.758. The monoisotopic (exact) mass is 303 g/mol. The second-order valence-corrected chi connectivity index (χ2v) is 5.40. The number of halogens is 2. The first-order chi connectivity index (χ1) is 10.1. The fourth-order valence-electron chi connectivity index (χ4n) is 2.19. The number of hydrogen-bond acceptors (Lipinski definition) is 2. The van der Waals surface area contributed by atoms with Crippen LogP contribution in [0.25, 0.3) is 11.0 Å². The molecule has 0 aliphatic carbocycles. The third kappa shape index (κ3) is 3.06. The Bertz CT molecular complexity index is 736. The fraction of sp³-hybridized carbons (Fsp3) is 0.188. The Morgan fingerprint density at radius 3 is 2.86 bits per heavy atom. The van der Waals surface area contributed by atoms with Gasteiger partial charge in [-0.1, -0.05) is 29.8 Å². The van der Waals surface area contributed by atoms with Crippen LogP contribution < -0.4 is 5.32 Å². The van der Waals surface area contributed by atoms with Crippen molar-refractivity contribution >= 4 is 22.6 Å². The van der Waals surface area contributed by atoms with Gasteiger partial charge >= 0.3 is 0 Å². The van der Waals surface area contributed by atoms with Crippen molar-refractivity contribution in [3.8, 4) is 0 Å². The van der Waals surface area contributed by atoms with Gasteiger partial charge in [0.1, 0.15) is 11.6 Å². The van der Waals surface area contributed by atoms with E-state index in [9.17, 15) is 4.39 Å². The van der Waals surface area contributed by atoms with Crippen LogP contribution in [0, 0.1) is 5.82 Å². The van der Waals surface area contributed by atoms with Gasteiger partial charge in [0.15, 0.2) is 0 Å². The molecule has 0 fully saturated rings. The minimum absolute atomic E-state index is 0.0567. The minimum Gasteiger partial charge on any atom is -0.341 e. The number of H-pyrrole nitrogens is 1. The molecular formula is C16H15ClFN3. The summed E-state index contributed by atoms with van der Waals surface area (Å²) in [6.07, 6.45) is 0. The summed E-state index contributed by atoms with van der Waals surface area (Å²) in [6, 6.07) is 12.7. The Labute approximate surface area is 127 Å². The molecule has 0 aliphatic rings. The summed E-state index contributed by atoms with van der Waals surface area (Å²) in [5, 5.41) is 3.49. The average molecular weight is 304 g/mol. The van der Waals surface area contributed by atoms with Gasteiger partial charge in [-0.05, 0) is 36.8 Å². The molecule has 0 saturated carbocycles. The van der Waals surface area contributed by atoms with E-state index in [1.807, 2.05) is 31.2 Å². The first kappa shape index (κ1) is 14.0. The molecule has 1 atom stereocenters. The molecule has 0 amide bonds. The lowest BCUT2D eigenvalue weighted by atomic mass is 10.2. The molecule has 1 heterocycles. The van der Waals surface area contributed by atoms with Crippen molar-refractivity contribution in [1.82, 2.24) is 15.3 Å². The van der Waals surface area contributed by atoms with E-state index in [-0.39, 0.29) is 11.1 Å². The van der Waals surface area contributed by atoms with Crippen LogP contribution in [-0.2, 0) is 6.54 Å². The predicted octanol–water partition coefficient (Wildman–Crippen LogP) is 4.21. The first-order valence-electron chi connectivity index (χ1n) is 6.75. The molecule has 0 radical (unpaired) electrons. The van der Waals surface area contributed by atoms with Gasteiger partial charge < -0.3 is 10.3 Å². The highest BCUT2D eigenvalue weighted by molar-refractivity contribution is 6.30. The molecule has 0 bridgehead atoms. The molecule has 2 N–H and O–H groups in total. The molecule has 3 rings (SSSR count). The molecule has 0 aliphatic heterocycles. The summed E-state index contributed by atoms with van der Waals surface area (Å²) in [4.78, 5) is 7.84. The van der Waals surface area contributed by atoms with E-state index >= 15 is 0 Å². The highest BCUT2D eigenvalue weighted by Crippen LogP contribution is 2.18. The lowest BCUT2D eigenvalue weighted by molar-refractivity contribution is 0.551. The second kappa shape index (κ2) is 5.84. The van der Waals surface area contributed by atoms with Gasteiger partial charge in [-0.15, -0.1) is 0 Å². The number of aromatic nitrogens is 2. The Kier molecular flexibility index (Phi) is 3.90. The van der Waals surface area contributed by atoms with Gasteiger partial charge in [-0.25, -0.2) is 9.37 Å². The van der Waals surface area contributed by atoms with E-state index in [1.165, 1.54) is 6.07 Å². The van der Waals surface area contributed by atoms with Crippen LogP contribution in [0.2, 0.25) is 5.02 Å². The van der Waals surface area contributed by atoms with Gasteiger partial charge in [0.05, 0.1) is 22.1 Å². The third-order valence-electron chi connectivity index (χ3n) is 3.41. The first-order valence-corrected chi connectivity index (χ1v) is 7.13. The van der Waals surface area contributed by atoms with E-state index in [4.69, 9.17) is 11.6 Å². The number of imidazole rings is 1. The highest BCUT2D eigenvalue weighted by Gasteiger charge is 2.10. The molecule has 3 aromatic rings. The maximum absolute atomic E-state index is 13.1. The molecule has 21 heavy (non-hydrogen) atoms. The molecule has 1 unspecified atom stereocenters. The smallest absolute Gasteiger partial charge is 0.141 e.